The van der Waals surface area contributed by atoms with Crippen LogP contribution in [0.5, 0.6) is 5.75 Å². The fourth-order valence-corrected chi connectivity index (χ4v) is 4.50. The lowest BCUT2D eigenvalue weighted by Crippen LogP contribution is -2.41. The van der Waals surface area contributed by atoms with Gasteiger partial charge in [-0.15, -0.1) is 0 Å². The third kappa shape index (κ3) is 2.04. The molecule has 2 fully saturated rings. The lowest BCUT2D eigenvalue weighted by Gasteiger charge is -2.28. The Morgan fingerprint density at radius 3 is 3.05 bits per heavy atom. The first-order valence-electron chi connectivity index (χ1n) is 8.04. The number of rotatable bonds is 3. The summed E-state index contributed by atoms with van der Waals surface area (Å²) in [6.07, 6.45) is 2.70. The molecular weight excluding hydrogens is 248 g/mol. The predicted octanol–water partition coefficient (Wildman–Crippen LogP) is 1.92. The maximum atomic E-state index is 6.13. The van der Waals surface area contributed by atoms with Crippen LogP contribution < -0.4 is 10.1 Å². The van der Waals surface area contributed by atoms with Gasteiger partial charge in [0.1, 0.15) is 11.9 Å². The first-order chi connectivity index (χ1) is 9.85. The van der Waals surface area contributed by atoms with E-state index in [2.05, 4.69) is 41.4 Å². The number of nitrogens with one attached hydrogen (secondary N) is 1. The van der Waals surface area contributed by atoms with Crippen LogP contribution >= 0.6 is 0 Å². The van der Waals surface area contributed by atoms with Gasteiger partial charge in [-0.25, -0.2) is 0 Å². The minimum absolute atomic E-state index is 0.355. The number of nitrogens with zero attached hydrogens (tertiary/aromatic N) is 1. The standard InChI is InChI=1S/C17H24N2O/c1-2-16-15-9-18-8-13(15)10-19(16)11-14-7-12-5-3-4-6-17(12)20-14/h3-6,13-16,18H,2,7-11H2,1H3. The zero-order valence-electron chi connectivity index (χ0n) is 12.2. The molecule has 3 heteroatoms. The third-order valence-corrected chi connectivity index (χ3v) is 5.39. The second kappa shape index (κ2) is 5.05. The number of likely N-dealkylation sites (tertiary alicyclic amines) is 1. The molecule has 0 radical (unpaired) electrons. The van der Waals surface area contributed by atoms with E-state index >= 15 is 0 Å². The highest BCUT2D eigenvalue weighted by Gasteiger charge is 2.44. The Morgan fingerprint density at radius 2 is 2.20 bits per heavy atom. The Kier molecular flexibility index (Phi) is 3.20. The van der Waals surface area contributed by atoms with Crippen LogP contribution in [0.2, 0.25) is 0 Å². The van der Waals surface area contributed by atoms with E-state index in [9.17, 15) is 0 Å². The summed E-state index contributed by atoms with van der Waals surface area (Å²) >= 11 is 0. The molecule has 4 unspecified atom stereocenters. The van der Waals surface area contributed by atoms with E-state index in [0.29, 0.717) is 6.10 Å². The number of hydrogen-bond acceptors (Lipinski definition) is 3. The first-order valence-corrected chi connectivity index (χ1v) is 8.04. The number of hydrogen-bond donors (Lipinski definition) is 1. The van der Waals surface area contributed by atoms with Crippen molar-refractivity contribution in [3.8, 4) is 5.75 Å². The number of benzene rings is 1. The third-order valence-electron chi connectivity index (χ3n) is 5.39. The molecule has 3 nitrogen and oxygen atoms in total. The van der Waals surface area contributed by atoms with E-state index < -0.39 is 0 Å². The van der Waals surface area contributed by atoms with Gasteiger partial charge in [0.15, 0.2) is 0 Å². The van der Waals surface area contributed by atoms with Crippen LogP contribution in [0.15, 0.2) is 24.3 Å². The number of ether oxygens (including phenoxy) is 1. The Labute approximate surface area is 121 Å². The molecule has 1 N–H and O–H groups in total. The van der Waals surface area contributed by atoms with E-state index in [1.54, 1.807) is 0 Å². The van der Waals surface area contributed by atoms with Crippen molar-refractivity contribution in [1.82, 2.24) is 10.2 Å². The molecule has 0 bridgehead atoms. The highest BCUT2D eigenvalue weighted by Crippen LogP contribution is 2.36. The molecule has 4 atom stereocenters. The van der Waals surface area contributed by atoms with Gasteiger partial charge in [-0.05, 0) is 43.0 Å². The van der Waals surface area contributed by atoms with E-state index in [0.717, 1.165) is 36.6 Å². The van der Waals surface area contributed by atoms with Gasteiger partial charge >= 0.3 is 0 Å². The monoisotopic (exact) mass is 272 g/mol. The molecule has 0 spiro atoms. The number of para-hydroxylation sites is 1. The number of fused-ring (bicyclic) bond motifs is 2. The normalized spacial score (nSPS) is 35.9. The molecule has 3 heterocycles. The molecule has 3 aliphatic rings. The smallest absolute Gasteiger partial charge is 0.123 e. The Balaban J connectivity index is 1.43. The zero-order valence-corrected chi connectivity index (χ0v) is 12.2. The molecule has 4 rings (SSSR count). The molecule has 3 aliphatic heterocycles. The Morgan fingerprint density at radius 1 is 1.30 bits per heavy atom. The lowest BCUT2D eigenvalue weighted by atomic mass is 9.93. The van der Waals surface area contributed by atoms with Gasteiger partial charge in [0.2, 0.25) is 0 Å². The summed E-state index contributed by atoms with van der Waals surface area (Å²) in [6.45, 7) is 7.12. The van der Waals surface area contributed by atoms with Crippen LogP contribution in [0, 0.1) is 11.8 Å². The van der Waals surface area contributed by atoms with Gasteiger partial charge in [-0.3, -0.25) is 4.90 Å². The molecule has 108 valence electrons. The van der Waals surface area contributed by atoms with Crippen LogP contribution in [-0.4, -0.2) is 43.2 Å². The average Bonchev–Trinajstić information content (AvgIpc) is 3.11. The summed E-state index contributed by atoms with van der Waals surface area (Å²) < 4.78 is 6.13. The maximum absolute atomic E-state index is 6.13. The molecule has 0 amide bonds. The predicted molar refractivity (Wildman–Crippen MR) is 80.1 cm³/mol. The molecule has 0 aliphatic carbocycles. The second-order valence-electron chi connectivity index (χ2n) is 6.56. The molecule has 0 aromatic heterocycles. The van der Waals surface area contributed by atoms with Crippen molar-refractivity contribution in [1.29, 1.82) is 0 Å². The SMILES string of the molecule is CCC1C2CNCC2CN1CC1Cc2ccccc2O1. The van der Waals surface area contributed by atoms with Crippen molar-refractivity contribution >= 4 is 0 Å². The van der Waals surface area contributed by atoms with Crippen molar-refractivity contribution < 1.29 is 4.74 Å². The molecule has 1 aromatic rings. The largest absolute Gasteiger partial charge is 0.488 e. The van der Waals surface area contributed by atoms with Gasteiger partial charge in [-0.1, -0.05) is 25.1 Å². The highest BCUT2D eigenvalue weighted by molar-refractivity contribution is 5.37. The Bertz CT molecular complexity index is 465. The molecule has 2 saturated heterocycles. The van der Waals surface area contributed by atoms with E-state index in [-0.39, 0.29) is 0 Å². The second-order valence-corrected chi connectivity index (χ2v) is 6.56. The summed E-state index contributed by atoms with van der Waals surface area (Å²) in [5.74, 6) is 2.83. The van der Waals surface area contributed by atoms with E-state index in [1.807, 2.05) is 0 Å². The lowest BCUT2D eigenvalue weighted by molar-refractivity contribution is 0.129. The fourth-order valence-electron chi connectivity index (χ4n) is 4.50. The van der Waals surface area contributed by atoms with Gasteiger partial charge in [-0.2, -0.15) is 0 Å². The summed E-state index contributed by atoms with van der Waals surface area (Å²) in [4.78, 5) is 2.70. The van der Waals surface area contributed by atoms with Gasteiger partial charge in [0, 0.05) is 25.6 Å². The van der Waals surface area contributed by atoms with Gasteiger partial charge in [0.05, 0.1) is 0 Å². The summed E-state index contributed by atoms with van der Waals surface area (Å²) in [5, 5.41) is 3.56. The summed E-state index contributed by atoms with van der Waals surface area (Å²) in [6, 6.07) is 9.25. The molecule has 1 aromatic carbocycles. The minimum atomic E-state index is 0.355. The van der Waals surface area contributed by atoms with Crippen LogP contribution in [-0.2, 0) is 6.42 Å². The van der Waals surface area contributed by atoms with Crippen molar-refractivity contribution in [2.24, 2.45) is 11.8 Å². The maximum Gasteiger partial charge on any atom is 0.123 e. The van der Waals surface area contributed by atoms with Gasteiger partial charge < -0.3 is 10.1 Å². The molecular formula is C17H24N2O. The van der Waals surface area contributed by atoms with Gasteiger partial charge in [0.25, 0.3) is 0 Å². The van der Waals surface area contributed by atoms with Crippen molar-refractivity contribution in [3.05, 3.63) is 29.8 Å². The summed E-state index contributed by atoms with van der Waals surface area (Å²) in [7, 11) is 0. The van der Waals surface area contributed by atoms with Crippen LogP contribution in [0.1, 0.15) is 18.9 Å². The van der Waals surface area contributed by atoms with E-state index in [1.165, 1.54) is 31.6 Å². The fraction of sp³-hybridized carbons (Fsp3) is 0.647. The average molecular weight is 272 g/mol. The highest BCUT2D eigenvalue weighted by atomic mass is 16.5. The first kappa shape index (κ1) is 12.7. The quantitative estimate of drug-likeness (QED) is 0.910. The Hall–Kier alpha value is -1.06. The van der Waals surface area contributed by atoms with Crippen LogP contribution in [0.25, 0.3) is 0 Å². The summed E-state index contributed by atoms with van der Waals surface area (Å²) in [5.41, 5.74) is 1.38. The van der Waals surface area contributed by atoms with Crippen LogP contribution in [0.4, 0.5) is 0 Å². The molecule has 20 heavy (non-hydrogen) atoms. The van der Waals surface area contributed by atoms with E-state index in [4.69, 9.17) is 4.74 Å². The van der Waals surface area contributed by atoms with Crippen molar-refractivity contribution in [2.75, 3.05) is 26.2 Å². The zero-order chi connectivity index (χ0) is 13.5. The molecule has 0 saturated carbocycles. The minimum Gasteiger partial charge on any atom is -0.488 e. The topological polar surface area (TPSA) is 24.5 Å². The van der Waals surface area contributed by atoms with Crippen molar-refractivity contribution in [3.63, 3.8) is 0 Å². The van der Waals surface area contributed by atoms with Crippen LogP contribution in [0.3, 0.4) is 0 Å². The van der Waals surface area contributed by atoms with Crippen molar-refractivity contribution in [2.45, 2.75) is 31.9 Å².